The topological polar surface area (TPSA) is 50.2 Å². The first-order chi connectivity index (χ1) is 11.6. The number of halogens is 1. The molecule has 1 aromatic heterocycles. The Balaban J connectivity index is 2.02. The van der Waals surface area contributed by atoms with Crippen molar-refractivity contribution in [3.05, 3.63) is 70.7 Å². The molecule has 4 aromatic rings. The van der Waals surface area contributed by atoms with Crippen LogP contribution in [0.5, 0.6) is 5.75 Å². The van der Waals surface area contributed by atoms with Crippen molar-refractivity contribution in [1.82, 2.24) is 4.98 Å². The zero-order chi connectivity index (χ0) is 16.4. The number of pyridine rings is 1. The summed E-state index contributed by atoms with van der Waals surface area (Å²) in [6, 6.07) is 16.6. The van der Waals surface area contributed by atoms with Gasteiger partial charge in [0.25, 0.3) is 0 Å². The molecule has 1 aliphatic rings. The number of fused-ring (bicyclic) bond motifs is 3. The van der Waals surface area contributed by atoms with Crippen LogP contribution in [0, 0.1) is 0 Å². The van der Waals surface area contributed by atoms with Crippen LogP contribution in [0.1, 0.15) is 15.9 Å². The SMILES string of the molecule is O=C1c2c(nc3ccc(Cl)cc3c2O)-c2cccc3cccc1c23. The van der Waals surface area contributed by atoms with Gasteiger partial charge in [-0.15, -0.1) is 0 Å². The molecule has 0 spiro atoms. The van der Waals surface area contributed by atoms with Crippen LogP contribution in [0.15, 0.2) is 54.6 Å². The van der Waals surface area contributed by atoms with E-state index >= 15 is 0 Å². The second kappa shape index (κ2) is 4.56. The van der Waals surface area contributed by atoms with Gasteiger partial charge in [-0.1, -0.05) is 48.0 Å². The molecule has 1 aliphatic carbocycles. The molecule has 5 rings (SSSR count). The number of carbonyl (C=O) groups is 1. The molecule has 0 saturated carbocycles. The van der Waals surface area contributed by atoms with Crippen molar-refractivity contribution in [2.75, 3.05) is 0 Å². The summed E-state index contributed by atoms with van der Waals surface area (Å²) in [4.78, 5) is 17.7. The Morgan fingerprint density at radius 2 is 1.71 bits per heavy atom. The average Bonchev–Trinajstić information content (AvgIpc) is 2.60. The van der Waals surface area contributed by atoms with Crippen molar-refractivity contribution < 1.29 is 9.90 Å². The molecule has 1 heterocycles. The fourth-order valence-electron chi connectivity index (χ4n) is 3.49. The van der Waals surface area contributed by atoms with E-state index in [4.69, 9.17) is 11.6 Å². The van der Waals surface area contributed by atoms with Gasteiger partial charge >= 0.3 is 0 Å². The summed E-state index contributed by atoms with van der Waals surface area (Å²) in [6.07, 6.45) is 0. The molecule has 0 saturated heterocycles. The third-order valence-electron chi connectivity index (χ3n) is 4.55. The van der Waals surface area contributed by atoms with Gasteiger partial charge in [0.05, 0.1) is 16.8 Å². The van der Waals surface area contributed by atoms with E-state index in [-0.39, 0.29) is 17.1 Å². The molecule has 0 bridgehead atoms. The summed E-state index contributed by atoms with van der Waals surface area (Å²) in [6.45, 7) is 0. The number of aromatic hydroxyl groups is 1. The number of aromatic nitrogens is 1. The molecule has 3 nitrogen and oxygen atoms in total. The van der Waals surface area contributed by atoms with E-state index in [1.165, 1.54) is 0 Å². The van der Waals surface area contributed by atoms with Crippen LogP contribution < -0.4 is 0 Å². The Bertz CT molecular complexity index is 1190. The second-order valence-electron chi connectivity index (χ2n) is 5.88. The normalized spacial score (nSPS) is 12.6. The number of benzene rings is 3. The highest BCUT2D eigenvalue weighted by atomic mass is 35.5. The van der Waals surface area contributed by atoms with Crippen molar-refractivity contribution in [3.8, 4) is 17.0 Å². The van der Waals surface area contributed by atoms with Gasteiger partial charge in [0, 0.05) is 26.9 Å². The Morgan fingerprint density at radius 1 is 0.958 bits per heavy atom. The fraction of sp³-hybridized carbons (Fsp3) is 0. The smallest absolute Gasteiger partial charge is 0.199 e. The summed E-state index contributed by atoms with van der Waals surface area (Å²) in [7, 11) is 0. The summed E-state index contributed by atoms with van der Waals surface area (Å²) in [5, 5.41) is 13.6. The number of carbonyl (C=O) groups excluding carboxylic acids is 1. The van der Waals surface area contributed by atoms with Gasteiger partial charge in [-0.05, 0) is 23.6 Å². The number of rotatable bonds is 0. The van der Waals surface area contributed by atoms with E-state index in [0.29, 0.717) is 27.2 Å². The number of hydrogen-bond donors (Lipinski definition) is 1. The van der Waals surface area contributed by atoms with Crippen LogP contribution in [0.2, 0.25) is 5.02 Å². The largest absolute Gasteiger partial charge is 0.506 e. The van der Waals surface area contributed by atoms with Crippen LogP contribution in [-0.2, 0) is 0 Å². The lowest BCUT2D eigenvalue weighted by Crippen LogP contribution is -2.12. The first kappa shape index (κ1) is 13.5. The quantitative estimate of drug-likeness (QED) is 0.436. The maximum atomic E-state index is 13.0. The minimum atomic E-state index is -0.207. The van der Waals surface area contributed by atoms with Crippen molar-refractivity contribution >= 4 is 39.1 Å². The molecule has 0 amide bonds. The molecule has 0 fully saturated rings. The third-order valence-corrected chi connectivity index (χ3v) is 4.79. The van der Waals surface area contributed by atoms with Crippen LogP contribution in [0.4, 0.5) is 0 Å². The first-order valence-electron chi connectivity index (χ1n) is 7.54. The number of hydrogen-bond acceptors (Lipinski definition) is 3. The molecular weight excluding hydrogens is 322 g/mol. The third kappa shape index (κ3) is 1.62. The zero-order valence-electron chi connectivity index (χ0n) is 12.4. The summed E-state index contributed by atoms with van der Waals surface area (Å²) in [5.41, 5.74) is 2.84. The predicted molar refractivity (Wildman–Crippen MR) is 94.8 cm³/mol. The minimum Gasteiger partial charge on any atom is -0.506 e. The van der Waals surface area contributed by atoms with Crippen LogP contribution in [-0.4, -0.2) is 15.9 Å². The molecule has 0 unspecified atom stereocenters. The molecule has 4 heteroatoms. The van der Waals surface area contributed by atoms with Crippen molar-refractivity contribution in [2.24, 2.45) is 0 Å². The van der Waals surface area contributed by atoms with E-state index in [2.05, 4.69) is 4.98 Å². The van der Waals surface area contributed by atoms with E-state index in [1.54, 1.807) is 24.3 Å². The van der Waals surface area contributed by atoms with Gasteiger partial charge in [-0.2, -0.15) is 0 Å². The monoisotopic (exact) mass is 331 g/mol. The molecule has 0 atom stereocenters. The van der Waals surface area contributed by atoms with Crippen molar-refractivity contribution in [2.45, 2.75) is 0 Å². The van der Waals surface area contributed by atoms with Crippen molar-refractivity contribution in [1.29, 1.82) is 0 Å². The average molecular weight is 332 g/mol. The lowest BCUT2D eigenvalue weighted by molar-refractivity contribution is 0.103. The molecule has 0 aliphatic heterocycles. The molecule has 114 valence electrons. The Hall–Kier alpha value is -2.91. The van der Waals surface area contributed by atoms with Gasteiger partial charge in [0.15, 0.2) is 5.78 Å². The number of ketones is 1. The summed E-state index contributed by atoms with van der Waals surface area (Å²) >= 11 is 6.03. The molecule has 3 aromatic carbocycles. The van der Waals surface area contributed by atoms with Gasteiger partial charge in [-0.3, -0.25) is 4.79 Å². The highest BCUT2D eigenvalue weighted by Crippen LogP contribution is 2.44. The van der Waals surface area contributed by atoms with Crippen molar-refractivity contribution in [3.63, 3.8) is 0 Å². The standard InChI is InChI=1S/C20H10ClNO2/c21-11-7-8-15-14(9-11)20(24)17-18(22-15)12-5-1-3-10-4-2-6-13(16(10)12)19(17)23/h1-9H,(H,22,24). The Labute approximate surface area is 142 Å². The van der Waals surface area contributed by atoms with Crippen LogP contribution in [0.25, 0.3) is 32.9 Å². The van der Waals surface area contributed by atoms with Gasteiger partial charge in [-0.25, -0.2) is 4.98 Å². The second-order valence-corrected chi connectivity index (χ2v) is 6.32. The van der Waals surface area contributed by atoms with E-state index < -0.39 is 0 Å². The minimum absolute atomic E-state index is 0.0611. The first-order valence-corrected chi connectivity index (χ1v) is 7.92. The lowest BCUT2D eigenvalue weighted by atomic mass is 9.84. The number of nitrogens with zero attached hydrogens (tertiary/aromatic N) is 1. The van der Waals surface area contributed by atoms with Crippen LogP contribution in [0.3, 0.4) is 0 Å². The molecule has 24 heavy (non-hydrogen) atoms. The van der Waals surface area contributed by atoms with Gasteiger partial charge in [0.1, 0.15) is 5.75 Å². The van der Waals surface area contributed by atoms with Crippen LogP contribution >= 0.6 is 11.6 Å². The Morgan fingerprint density at radius 3 is 2.50 bits per heavy atom. The fourth-order valence-corrected chi connectivity index (χ4v) is 3.66. The van der Waals surface area contributed by atoms with E-state index in [0.717, 1.165) is 16.3 Å². The maximum absolute atomic E-state index is 13.0. The van der Waals surface area contributed by atoms with E-state index in [9.17, 15) is 9.90 Å². The lowest BCUT2D eigenvalue weighted by Gasteiger charge is -2.20. The maximum Gasteiger partial charge on any atom is 0.199 e. The Kier molecular flexibility index (Phi) is 2.57. The van der Waals surface area contributed by atoms with Gasteiger partial charge < -0.3 is 5.11 Å². The van der Waals surface area contributed by atoms with Gasteiger partial charge in [0.2, 0.25) is 0 Å². The predicted octanol–water partition coefficient (Wildman–Crippen LogP) is 4.96. The molecular formula is C20H10ClNO2. The zero-order valence-corrected chi connectivity index (χ0v) is 13.1. The molecule has 1 N–H and O–H groups in total. The summed E-state index contributed by atoms with van der Waals surface area (Å²) < 4.78 is 0. The highest BCUT2D eigenvalue weighted by Gasteiger charge is 2.30. The highest BCUT2D eigenvalue weighted by molar-refractivity contribution is 6.32. The molecule has 0 radical (unpaired) electrons. The summed E-state index contributed by atoms with van der Waals surface area (Å²) in [5.74, 6) is -0.268. The van der Waals surface area contributed by atoms with E-state index in [1.807, 2.05) is 30.3 Å².